The minimum atomic E-state index is -4.42. The number of thioether (sulfide) groups is 1. The van der Waals surface area contributed by atoms with Gasteiger partial charge in [0.2, 0.25) is 12.3 Å². The van der Waals surface area contributed by atoms with Crippen molar-refractivity contribution >= 4 is 29.1 Å². The lowest BCUT2D eigenvalue weighted by Crippen LogP contribution is -2.49. The van der Waals surface area contributed by atoms with Crippen LogP contribution in [0.4, 0.5) is 13.2 Å². The Hall–Kier alpha value is -1.55. The number of aliphatic hydroxyl groups excluding tert-OH is 1. The molecule has 0 heterocycles. The third-order valence-electron chi connectivity index (χ3n) is 2.49. The van der Waals surface area contributed by atoms with Crippen LogP contribution in [0.25, 0.3) is 0 Å². The number of nitrogens with zero attached hydrogens (tertiary/aromatic N) is 1. The van der Waals surface area contributed by atoms with Crippen molar-refractivity contribution in [2.75, 3.05) is 13.6 Å². The zero-order chi connectivity index (χ0) is 17.2. The summed E-state index contributed by atoms with van der Waals surface area (Å²) in [6, 6.07) is -1.19. The van der Waals surface area contributed by atoms with Crippen LogP contribution in [0.5, 0.6) is 0 Å². The van der Waals surface area contributed by atoms with E-state index in [1.54, 1.807) is 0 Å². The predicted octanol–water partition coefficient (Wildman–Crippen LogP) is 0.826. The highest BCUT2D eigenvalue weighted by Crippen LogP contribution is 2.24. The number of amides is 2. The number of aliphatic hydroxyl groups is 1. The van der Waals surface area contributed by atoms with Crippen molar-refractivity contribution in [2.24, 2.45) is 4.99 Å². The normalized spacial score (nSPS) is 14.9. The molecule has 3 N–H and O–H groups in total. The number of carbonyl (C=O) groups excluding carboxylic acids is 2. The lowest BCUT2D eigenvalue weighted by atomic mass is 10.1. The molecule has 0 saturated heterocycles. The molecule has 0 aromatic rings. The second-order valence-corrected chi connectivity index (χ2v) is 5.11. The first-order valence-corrected chi connectivity index (χ1v) is 7.08. The fourth-order valence-electron chi connectivity index (χ4n) is 1.53. The van der Waals surface area contributed by atoms with Crippen LogP contribution in [0.15, 0.2) is 17.0 Å². The Kier molecular flexibility index (Phi) is 9.50. The number of hydrogen-bond acceptors (Lipinski definition) is 5. The number of halogens is 3. The molecule has 126 valence electrons. The second-order valence-electron chi connectivity index (χ2n) is 4.12. The van der Waals surface area contributed by atoms with E-state index in [9.17, 15) is 27.9 Å². The van der Waals surface area contributed by atoms with Crippen molar-refractivity contribution in [3.63, 3.8) is 0 Å². The van der Waals surface area contributed by atoms with Crippen LogP contribution in [0, 0.1) is 0 Å². The Bertz CT molecular complexity index is 416. The van der Waals surface area contributed by atoms with E-state index in [0.717, 1.165) is 11.8 Å². The third kappa shape index (κ3) is 8.67. The molecule has 0 bridgehead atoms. The van der Waals surface area contributed by atoms with E-state index in [1.165, 1.54) is 12.5 Å². The van der Waals surface area contributed by atoms with E-state index < -0.39 is 43.6 Å². The molecule has 0 rings (SSSR count). The topological polar surface area (TPSA) is 90.8 Å². The maximum atomic E-state index is 12.3. The van der Waals surface area contributed by atoms with Crippen LogP contribution in [0.2, 0.25) is 0 Å². The van der Waals surface area contributed by atoms with Gasteiger partial charge < -0.3 is 15.7 Å². The first-order chi connectivity index (χ1) is 10.2. The first-order valence-electron chi connectivity index (χ1n) is 6.20. The van der Waals surface area contributed by atoms with Gasteiger partial charge in [-0.3, -0.25) is 14.6 Å². The summed E-state index contributed by atoms with van der Waals surface area (Å²) < 4.78 is 37.0. The maximum Gasteiger partial charge on any atom is 0.389 e. The van der Waals surface area contributed by atoms with Crippen LogP contribution in [-0.4, -0.2) is 54.4 Å². The van der Waals surface area contributed by atoms with E-state index in [2.05, 4.69) is 22.2 Å². The molecule has 0 aliphatic rings. The van der Waals surface area contributed by atoms with E-state index in [1.807, 2.05) is 0 Å². The molecule has 2 unspecified atom stereocenters. The lowest BCUT2D eigenvalue weighted by Gasteiger charge is -2.25. The standard InChI is InChI=1S/C12H18F3N3O3S/c1-3-22-11(16-2)10(21)8(4-5-12(13,14)15)18-9(20)6-17-7-19/h3,7-8,10,21H,1,4-6H2,2H3,(H,17,19)(H,18,20). The van der Waals surface area contributed by atoms with Crippen molar-refractivity contribution in [1.82, 2.24) is 10.6 Å². The van der Waals surface area contributed by atoms with Gasteiger partial charge in [0.15, 0.2) is 0 Å². The molecular formula is C12H18F3N3O3S. The lowest BCUT2D eigenvalue weighted by molar-refractivity contribution is -0.139. The van der Waals surface area contributed by atoms with Gasteiger partial charge in [-0.15, -0.1) is 0 Å². The summed E-state index contributed by atoms with van der Waals surface area (Å²) in [7, 11) is 1.37. The molecule has 0 aromatic heterocycles. The summed E-state index contributed by atoms with van der Waals surface area (Å²) in [6.07, 6.45) is -7.23. The molecule has 2 amide bonds. The summed E-state index contributed by atoms with van der Waals surface area (Å²) >= 11 is 0.951. The van der Waals surface area contributed by atoms with Gasteiger partial charge in [-0.25, -0.2) is 0 Å². The summed E-state index contributed by atoms with van der Waals surface area (Å²) in [6.45, 7) is 3.03. The highest BCUT2D eigenvalue weighted by atomic mass is 32.2. The van der Waals surface area contributed by atoms with Crippen molar-refractivity contribution in [2.45, 2.75) is 31.2 Å². The maximum absolute atomic E-state index is 12.3. The average Bonchev–Trinajstić information content (AvgIpc) is 2.45. The van der Waals surface area contributed by atoms with Gasteiger partial charge >= 0.3 is 6.18 Å². The van der Waals surface area contributed by atoms with Gasteiger partial charge in [0.25, 0.3) is 0 Å². The van der Waals surface area contributed by atoms with E-state index in [-0.39, 0.29) is 11.5 Å². The van der Waals surface area contributed by atoms with Crippen LogP contribution in [0.1, 0.15) is 12.8 Å². The molecule has 0 radical (unpaired) electrons. The molecular weight excluding hydrogens is 323 g/mol. The molecule has 0 aliphatic carbocycles. The SMILES string of the molecule is C=CSC(=NC)C(O)C(CCC(F)(F)F)NC(=O)CNC=O. The number of aliphatic imine (C=N–C) groups is 1. The van der Waals surface area contributed by atoms with Gasteiger partial charge in [-0.05, 0) is 11.8 Å². The average molecular weight is 341 g/mol. The largest absolute Gasteiger partial charge is 0.389 e. The molecule has 0 fully saturated rings. The van der Waals surface area contributed by atoms with Gasteiger partial charge in [-0.1, -0.05) is 18.3 Å². The van der Waals surface area contributed by atoms with Crippen LogP contribution in [0.3, 0.4) is 0 Å². The van der Waals surface area contributed by atoms with Crippen LogP contribution in [-0.2, 0) is 9.59 Å². The smallest absolute Gasteiger partial charge is 0.384 e. The number of carbonyl (C=O) groups is 2. The van der Waals surface area contributed by atoms with Crippen LogP contribution < -0.4 is 10.6 Å². The molecule has 22 heavy (non-hydrogen) atoms. The number of nitrogens with one attached hydrogen (secondary N) is 2. The third-order valence-corrected chi connectivity index (χ3v) is 3.32. The van der Waals surface area contributed by atoms with E-state index in [0.29, 0.717) is 0 Å². The molecule has 0 aromatic carbocycles. The monoisotopic (exact) mass is 341 g/mol. The van der Waals surface area contributed by atoms with Gasteiger partial charge in [0, 0.05) is 13.5 Å². The Balaban J connectivity index is 4.93. The molecule has 2 atom stereocenters. The fraction of sp³-hybridized carbons (Fsp3) is 0.583. The Morgan fingerprint density at radius 2 is 2.14 bits per heavy atom. The molecule has 10 heteroatoms. The molecule has 6 nitrogen and oxygen atoms in total. The number of rotatable bonds is 9. The summed E-state index contributed by atoms with van der Waals surface area (Å²) in [5.41, 5.74) is 0. The summed E-state index contributed by atoms with van der Waals surface area (Å²) in [5, 5.41) is 15.9. The van der Waals surface area contributed by atoms with E-state index >= 15 is 0 Å². The van der Waals surface area contributed by atoms with Gasteiger partial charge in [0.05, 0.1) is 12.6 Å². The molecule has 0 aliphatic heterocycles. The Morgan fingerprint density at radius 1 is 1.50 bits per heavy atom. The number of hydrogen-bond donors (Lipinski definition) is 3. The highest BCUT2D eigenvalue weighted by Gasteiger charge is 2.32. The molecule has 0 spiro atoms. The van der Waals surface area contributed by atoms with Gasteiger partial charge in [-0.2, -0.15) is 13.2 Å². The Labute approximate surface area is 130 Å². The predicted molar refractivity (Wildman–Crippen MR) is 78.4 cm³/mol. The van der Waals surface area contributed by atoms with Crippen molar-refractivity contribution in [3.8, 4) is 0 Å². The van der Waals surface area contributed by atoms with E-state index in [4.69, 9.17) is 0 Å². The zero-order valence-electron chi connectivity index (χ0n) is 11.9. The van der Waals surface area contributed by atoms with Crippen molar-refractivity contribution in [3.05, 3.63) is 12.0 Å². The van der Waals surface area contributed by atoms with Crippen LogP contribution >= 0.6 is 11.8 Å². The minimum absolute atomic E-state index is 0.130. The first kappa shape index (κ1) is 20.5. The fourth-order valence-corrected chi connectivity index (χ4v) is 2.11. The molecule has 0 saturated carbocycles. The second kappa shape index (κ2) is 10.2. The summed E-state index contributed by atoms with van der Waals surface area (Å²) in [5.74, 6) is -0.711. The Morgan fingerprint density at radius 3 is 2.59 bits per heavy atom. The summed E-state index contributed by atoms with van der Waals surface area (Å²) in [4.78, 5) is 25.4. The van der Waals surface area contributed by atoms with Crippen molar-refractivity contribution in [1.29, 1.82) is 0 Å². The quantitative estimate of drug-likeness (QED) is 0.329. The van der Waals surface area contributed by atoms with Crippen molar-refractivity contribution < 1.29 is 27.9 Å². The zero-order valence-corrected chi connectivity index (χ0v) is 12.7. The number of alkyl halides is 3. The highest BCUT2D eigenvalue weighted by molar-refractivity contribution is 8.16. The minimum Gasteiger partial charge on any atom is -0.384 e. The van der Waals surface area contributed by atoms with Gasteiger partial charge in [0.1, 0.15) is 11.1 Å².